The molecule has 1 aliphatic carbocycles. The summed E-state index contributed by atoms with van der Waals surface area (Å²) in [6.07, 6.45) is 8.22. The van der Waals surface area contributed by atoms with E-state index in [1.54, 1.807) is 0 Å². The van der Waals surface area contributed by atoms with Gasteiger partial charge in [-0.3, -0.25) is 9.78 Å². The molecule has 1 fully saturated rings. The largest absolute Gasteiger partial charge is 0.339 e. The SMILES string of the molecule is Cc1ccc(NC(=O)NCCCCCC2CCN(C(=O)C3=Cc4ccccc4C3)C2)c(C)n1. The van der Waals surface area contributed by atoms with Crippen LogP contribution in [0, 0.1) is 19.8 Å². The Hall–Kier alpha value is -3.15. The lowest BCUT2D eigenvalue weighted by molar-refractivity contribution is -0.126. The van der Waals surface area contributed by atoms with E-state index in [0.717, 1.165) is 74.3 Å². The number of aromatic nitrogens is 1. The molecule has 174 valence electrons. The molecule has 0 bridgehead atoms. The van der Waals surface area contributed by atoms with Crippen LogP contribution >= 0.6 is 0 Å². The maximum Gasteiger partial charge on any atom is 0.319 e. The van der Waals surface area contributed by atoms with Gasteiger partial charge in [0, 0.05) is 37.3 Å². The second-order valence-electron chi connectivity index (χ2n) is 9.27. The lowest BCUT2D eigenvalue weighted by Crippen LogP contribution is -2.30. The highest BCUT2D eigenvalue weighted by Gasteiger charge is 2.29. The Morgan fingerprint density at radius 1 is 1.09 bits per heavy atom. The van der Waals surface area contributed by atoms with Crippen molar-refractivity contribution in [3.8, 4) is 0 Å². The first-order valence-corrected chi connectivity index (χ1v) is 12.1. The van der Waals surface area contributed by atoms with Crippen molar-refractivity contribution in [2.45, 2.75) is 52.4 Å². The second-order valence-corrected chi connectivity index (χ2v) is 9.27. The summed E-state index contributed by atoms with van der Waals surface area (Å²) in [4.78, 5) is 31.4. The first-order chi connectivity index (χ1) is 16.0. The van der Waals surface area contributed by atoms with Gasteiger partial charge >= 0.3 is 6.03 Å². The molecule has 1 atom stereocenters. The quantitative estimate of drug-likeness (QED) is 0.568. The van der Waals surface area contributed by atoms with Crippen LogP contribution in [-0.2, 0) is 11.2 Å². The fourth-order valence-electron chi connectivity index (χ4n) is 4.79. The lowest BCUT2D eigenvalue weighted by atomic mass is 10.0. The van der Waals surface area contributed by atoms with Gasteiger partial charge in [0.05, 0.1) is 11.4 Å². The topological polar surface area (TPSA) is 74.3 Å². The van der Waals surface area contributed by atoms with Gasteiger partial charge in [-0.15, -0.1) is 0 Å². The fourth-order valence-corrected chi connectivity index (χ4v) is 4.79. The van der Waals surface area contributed by atoms with Crippen LogP contribution in [0.5, 0.6) is 0 Å². The minimum Gasteiger partial charge on any atom is -0.339 e. The number of pyridine rings is 1. The van der Waals surface area contributed by atoms with Crippen LogP contribution in [0.2, 0.25) is 0 Å². The highest BCUT2D eigenvalue weighted by Crippen LogP contribution is 2.29. The Balaban J connectivity index is 1.09. The number of rotatable bonds is 8. The van der Waals surface area contributed by atoms with Crippen LogP contribution in [0.15, 0.2) is 42.0 Å². The van der Waals surface area contributed by atoms with Gasteiger partial charge in [0.2, 0.25) is 5.91 Å². The van der Waals surface area contributed by atoms with Gasteiger partial charge in [0.1, 0.15) is 0 Å². The molecule has 33 heavy (non-hydrogen) atoms. The zero-order valence-corrected chi connectivity index (χ0v) is 19.7. The first-order valence-electron chi connectivity index (χ1n) is 12.1. The van der Waals surface area contributed by atoms with Gasteiger partial charge in [-0.2, -0.15) is 0 Å². The van der Waals surface area contributed by atoms with Crippen molar-refractivity contribution in [1.29, 1.82) is 0 Å². The lowest BCUT2D eigenvalue weighted by Gasteiger charge is -2.17. The van der Waals surface area contributed by atoms with Crippen molar-refractivity contribution in [2.75, 3.05) is 25.0 Å². The van der Waals surface area contributed by atoms with E-state index in [2.05, 4.69) is 33.8 Å². The standard InChI is InChI=1S/C27H34N4O2/c1-19-11-12-25(20(2)29-19)30-27(33)28-14-7-3-4-8-21-13-15-31(18-21)26(32)24-16-22-9-5-6-10-23(22)17-24/h5-6,9-12,16,21H,3-4,7-8,13-15,17-18H2,1-2H3,(H2,28,30,33). The molecular weight excluding hydrogens is 412 g/mol. The first kappa shape index (κ1) is 23.0. The van der Waals surface area contributed by atoms with E-state index in [4.69, 9.17) is 0 Å². The highest BCUT2D eigenvalue weighted by molar-refractivity contribution is 6.00. The summed E-state index contributed by atoms with van der Waals surface area (Å²) in [5.41, 5.74) is 5.88. The zero-order chi connectivity index (χ0) is 23.2. The van der Waals surface area contributed by atoms with E-state index >= 15 is 0 Å². The van der Waals surface area contributed by atoms with Crippen molar-refractivity contribution < 1.29 is 9.59 Å². The Bertz CT molecular complexity index is 1050. The van der Waals surface area contributed by atoms with Crippen LogP contribution in [0.25, 0.3) is 6.08 Å². The van der Waals surface area contributed by atoms with E-state index in [1.165, 1.54) is 11.1 Å². The Kier molecular flexibility index (Phi) is 7.43. The molecule has 1 aromatic heterocycles. The number of nitrogens with zero attached hydrogens (tertiary/aromatic N) is 2. The summed E-state index contributed by atoms with van der Waals surface area (Å²) in [5, 5.41) is 5.79. The third-order valence-electron chi connectivity index (χ3n) is 6.66. The number of aryl methyl sites for hydroxylation is 2. The number of hydrogen-bond donors (Lipinski definition) is 2. The molecule has 1 unspecified atom stereocenters. The number of carbonyl (C=O) groups excluding carboxylic acids is 2. The number of unbranched alkanes of at least 4 members (excludes halogenated alkanes) is 2. The van der Waals surface area contributed by atoms with Gasteiger partial charge in [0.25, 0.3) is 0 Å². The minimum atomic E-state index is -0.183. The van der Waals surface area contributed by atoms with Crippen molar-refractivity contribution in [2.24, 2.45) is 5.92 Å². The molecule has 2 aromatic rings. The molecule has 2 N–H and O–H groups in total. The summed E-state index contributed by atoms with van der Waals surface area (Å²) >= 11 is 0. The molecule has 4 rings (SSSR count). The molecule has 2 heterocycles. The van der Waals surface area contributed by atoms with Crippen molar-refractivity contribution in [3.63, 3.8) is 0 Å². The molecule has 6 nitrogen and oxygen atoms in total. The molecule has 6 heteroatoms. The predicted molar refractivity (Wildman–Crippen MR) is 132 cm³/mol. The Labute approximate surface area is 196 Å². The van der Waals surface area contributed by atoms with Crippen molar-refractivity contribution >= 4 is 23.7 Å². The van der Waals surface area contributed by atoms with E-state index in [9.17, 15) is 9.59 Å². The normalized spacial score (nSPS) is 17.0. The number of likely N-dealkylation sites (tertiary alicyclic amines) is 1. The minimum absolute atomic E-state index is 0.183. The second kappa shape index (κ2) is 10.6. The van der Waals surface area contributed by atoms with Gasteiger partial charge in [-0.05, 0) is 68.4 Å². The maximum absolute atomic E-state index is 12.9. The highest BCUT2D eigenvalue weighted by atomic mass is 16.2. The Morgan fingerprint density at radius 2 is 1.94 bits per heavy atom. The summed E-state index contributed by atoms with van der Waals surface area (Å²) in [6.45, 7) is 6.23. The van der Waals surface area contributed by atoms with Crippen LogP contribution in [0.4, 0.5) is 10.5 Å². The van der Waals surface area contributed by atoms with E-state index in [1.807, 2.05) is 43.0 Å². The summed E-state index contributed by atoms with van der Waals surface area (Å²) in [5.74, 6) is 0.800. The number of amides is 3. The third kappa shape index (κ3) is 6.01. The number of fused-ring (bicyclic) bond motifs is 1. The van der Waals surface area contributed by atoms with Crippen LogP contribution in [0.1, 0.15) is 54.6 Å². The average molecular weight is 447 g/mol. The molecule has 0 spiro atoms. The summed E-state index contributed by atoms with van der Waals surface area (Å²) in [6, 6.07) is 11.9. The monoisotopic (exact) mass is 446 g/mol. The number of urea groups is 1. The van der Waals surface area contributed by atoms with Gasteiger partial charge < -0.3 is 15.5 Å². The molecule has 3 amide bonds. The number of carbonyl (C=O) groups is 2. The number of hydrogen-bond acceptors (Lipinski definition) is 3. The van der Waals surface area contributed by atoms with Gasteiger partial charge in [-0.25, -0.2) is 4.79 Å². The predicted octanol–water partition coefficient (Wildman–Crippen LogP) is 4.87. The smallest absolute Gasteiger partial charge is 0.319 e. The van der Waals surface area contributed by atoms with E-state index in [0.29, 0.717) is 12.5 Å². The number of nitrogens with one attached hydrogen (secondary N) is 2. The van der Waals surface area contributed by atoms with Crippen LogP contribution in [-0.4, -0.2) is 41.5 Å². The molecule has 0 saturated carbocycles. The van der Waals surface area contributed by atoms with Gasteiger partial charge in [-0.1, -0.05) is 37.1 Å². The molecule has 1 saturated heterocycles. The number of benzene rings is 1. The van der Waals surface area contributed by atoms with E-state index < -0.39 is 0 Å². The maximum atomic E-state index is 12.9. The summed E-state index contributed by atoms with van der Waals surface area (Å²) < 4.78 is 0. The van der Waals surface area contributed by atoms with Crippen LogP contribution in [0.3, 0.4) is 0 Å². The van der Waals surface area contributed by atoms with Crippen molar-refractivity contribution in [1.82, 2.24) is 15.2 Å². The fraction of sp³-hybridized carbons (Fsp3) is 0.444. The third-order valence-corrected chi connectivity index (χ3v) is 6.66. The van der Waals surface area contributed by atoms with Gasteiger partial charge in [0.15, 0.2) is 0 Å². The molecule has 1 aliphatic heterocycles. The van der Waals surface area contributed by atoms with Crippen LogP contribution < -0.4 is 10.6 Å². The average Bonchev–Trinajstić information content (AvgIpc) is 3.45. The number of anilines is 1. The molecular formula is C27H34N4O2. The molecule has 1 aromatic carbocycles. The van der Waals surface area contributed by atoms with E-state index in [-0.39, 0.29) is 11.9 Å². The van der Waals surface area contributed by atoms with Crippen molar-refractivity contribution in [3.05, 3.63) is 64.5 Å². The molecule has 2 aliphatic rings. The molecule has 0 radical (unpaired) electrons. The summed E-state index contributed by atoms with van der Waals surface area (Å²) in [7, 11) is 0. The zero-order valence-electron chi connectivity index (χ0n) is 19.7. The Morgan fingerprint density at radius 3 is 2.76 bits per heavy atom.